The maximum atomic E-state index is 12.7. The van der Waals surface area contributed by atoms with Crippen LogP contribution in [0, 0.1) is 5.92 Å². The lowest BCUT2D eigenvalue weighted by Gasteiger charge is -2.57. The monoisotopic (exact) mass is 403 g/mol. The molecule has 2 aromatic carbocycles. The van der Waals surface area contributed by atoms with Gasteiger partial charge in [0.05, 0.1) is 0 Å². The molecule has 1 saturated heterocycles. The number of phenolic OH excluding ortho intramolecular Hbond substituents is 1. The predicted molar refractivity (Wildman–Crippen MR) is 112 cm³/mol. The molecule has 0 saturated carbocycles. The summed E-state index contributed by atoms with van der Waals surface area (Å²) in [5.74, 6) is 1.12. The van der Waals surface area contributed by atoms with E-state index in [0.29, 0.717) is 12.2 Å². The number of hydrogen-bond donors (Lipinski definition) is 2. The third-order valence-electron chi connectivity index (χ3n) is 7.71. The largest absolute Gasteiger partial charge is 0.504 e. The number of ether oxygens (including phenoxy) is 1. The standard InChI is InChI=1S/C25H25NO4/c27-19(15-4-2-1-3-5-15)10-12-26-13-11-25-17-7-9-21(29)24(25)30-23-20(28)8-6-16(22(23)25)14-18(17)26/h1-9,17-18,21,24,28-29H,10-14H2. The van der Waals surface area contributed by atoms with Gasteiger partial charge < -0.3 is 14.9 Å². The Hall–Kier alpha value is -2.63. The molecule has 154 valence electrons. The van der Waals surface area contributed by atoms with E-state index < -0.39 is 6.10 Å². The van der Waals surface area contributed by atoms with Crippen molar-refractivity contribution in [1.82, 2.24) is 4.90 Å². The Kier molecular flexibility index (Phi) is 3.89. The number of aliphatic hydroxyl groups excluding tert-OH is 1. The van der Waals surface area contributed by atoms with Crippen LogP contribution in [-0.4, -0.2) is 52.2 Å². The van der Waals surface area contributed by atoms with Gasteiger partial charge in [-0.15, -0.1) is 0 Å². The maximum Gasteiger partial charge on any atom is 0.165 e. The minimum atomic E-state index is -0.675. The molecule has 5 heteroatoms. The molecule has 2 aromatic rings. The number of benzene rings is 2. The summed E-state index contributed by atoms with van der Waals surface area (Å²) in [6.07, 6.45) is 5.20. The summed E-state index contributed by atoms with van der Waals surface area (Å²) in [5.41, 5.74) is 2.79. The van der Waals surface area contributed by atoms with E-state index in [-0.39, 0.29) is 35.0 Å². The zero-order valence-electron chi connectivity index (χ0n) is 16.7. The molecule has 2 heterocycles. The van der Waals surface area contributed by atoms with Gasteiger partial charge in [-0.25, -0.2) is 0 Å². The van der Waals surface area contributed by atoms with Crippen LogP contribution in [0.1, 0.15) is 34.3 Å². The Labute approximate surface area is 175 Å². The molecule has 6 rings (SSSR count). The van der Waals surface area contributed by atoms with Gasteiger partial charge in [0.15, 0.2) is 17.3 Å². The number of carbonyl (C=O) groups is 1. The quantitative estimate of drug-likeness (QED) is 0.607. The molecular weight excluding hydrogens is 378 g/mol. The topological polar surface area (TPSA) is 70.0 Å². The van der Waals surface area contributed by atoms with Crippen LogP contribution in [0.5, 0.6) is 11.5 Å². The summed E-state index contributed by atoms with van der Waals surface area (Å²) in [4.78, 5) is 15.1. The summed E-state index contributed by atoms with van der Waals surface area (Å²) in [6.45, 7) is 1.59. The number of likely N-dealkylation sites (tertiary alicyclic amines) is 1. The highest BCUT2D eigenvalue weighted by Crippen LogP contribution is 2.62. The van der Waals surface area contributed by atoms with Crippen molar-refractivity contribution in [2.75, 3.05) is 13.1 Å². The Balaban J connectivity index is 1.33. The maximum absolute atomic E-state index is 12.7. The van der Waals surface area contributed by atoms with Gasteiger partial charge in [0, 0.05) is 41.5 Å². The van der Waals surface area contributed by atoms with Crippen molar-refractivity contribution >= 4 is 5.78 Å². The smallest absolute Gasteiger partial charge is 0.165 e. The van der Waals surface area contributed by atoms with E-state index in [9.17, 15) is 15.0 Å². The number of ketones is 1. The van der Waals surface area contributed by atoms with Crippen molar-refractivity contribution in [2.45, 2.75) is 42.9 Å². The van der Waals surface area contributed by atoms with Crippen LogP contribution in [0.4, 0.5) is 0 Å². The average molecular weight is 403 g/mol. The highest BCUT2D eigenvalue weighted by Gasteiger charge is 2.64. The van der Waals surface area contributed by atoms with Crippen LogP contribution in [-0.2, 0) is 11.8 Å². The number of carbonyl (C=O) groups excluding carboxylic acids is 1. The van der Waals surface area contributed by atoms with Crippen molar-refractivity contribution in [3.05, 3.63) is 71.3 Å². The fraction of sp³-hybridized carbons (Fsp3) is 0.400. The molecule has 1 fully saturated rings. The number of rotatable bonds is 4. The highest BCUT2D eigenvalue weighted by atomic mass is 16.5. The number of Topliss-reactive ketones (excluding diaryl/α,β-unsaturated/α-hetero) is 1. The fourth-order valence-electron chi connectivity index (χ4n) is 6.42. The van der Waals surface area contributed by atoms with Crippen LogP contribution in [0.3, 0.4) is 0 Å². The molecule has 5 unspecified atom stereocenters. The van der Waals surface area contributed by atoms with Crippen molar-refractivity contribution in [1.29, 1.82) is 0 Å². The second kappa shape index (κ2) is 6.43. The first-order chi connectivity index (χ1) is 14.6. The lowest BCUT2D eigenvalue weighted by Crippen LogP contribution is -2.65. The van der Waals surface area contributed by atoms with Gasteiger partial charge in [-0.3, -0.25) is 9.69 Å². The van der Waals surface area contributed by atoms with Gasteiger partial charge in [0.25, 0.3) is 0 Å². The summed E-state index contributed by atoms with van der Waals surface area (Å²) >= 11 is 0. The number of nitrogens with zero attached hydrogens (tertiary/aromatic N) is 1. The Bertz CT molecular complexity index is 1050. The number of aliphatic hydroxyl groups is 1. The first-order valence-corrected chi connectivity index (χ1v) is 10.8. The first-order valence-electron chi connectivity index (χ1n) is 10.8. The van der Waals surface area contributed by atoms with Gasteiger partial charge in [0.1, 0.15) is 12.2 Å². The molecule has 5 atom stereocenters. The van der Waals surface area contributed by atoms with Gasteiger partial charge in [-0.05, 0) is 31.0 Å². The zero-order valence-corrected chi connectivity index (χ0v) is 16.7. The summed E-state index contributed by atoms with van der Waals surface area (Å²) < 4.78 is 6.19. The SMILES string of the molecule is O=C(CCN1CCC23c4c5ccc(O)c4OC2C(O)C=CC3C1C5)c1ccccc1. The van der Waals surface area contributed by atoms with Crippen LogP contribution in [0.15, 0.2) is 54.6 Å². The van der Waals surface area contributed by atoms with E-state index in [1.807, 2.05) is 42.5 Å². The molecule has 2 aliphatic carbocycles. The van der Waals surface area contributed by atoms with Crippen molar-refractivity contribution < 1.29 is 19.7 Å². The lowest BCUT2D eigenvalue weighted by atomic mass is 9.53. The molecule has 4 aliphatic rings. The molecule has 0 radical (unpaired) electrons. The minimum Gasteiger partial charge on any atom is -0.504 e. The third-order valence-corrected chi connectivity index (χ3v) is 7.71. The van der Waals surface area contributed by atoms with Crippen LogP contribution < -0.4 is 4.74 Å². The molecule has 0 amide bonds. The summed E-state index contributed by atoms with van der Waals surface area (Å²) in [6, 6.07) is 13.5. The third kappa shape index (κ3) is 2.33. The van der Waals surface area contributed by atoms with E-state index in [4.69, 9.17) is 4.74 Å². The molecular formula is C25H25NO4. The Morgan fingerprint density at radius 3 is 2.83 bits per heavy atom. The normalized spacial score (nSPS) is 33.1. The zero-order chi connectivity index (χ0) is 20.5. The van der Waals surface area contributed by atoms with Gasteiger partial charge >= 0.3 is 0 Å². The molecule has 2 bridgehead atoms. The minimum absolute atomic E-state index is 0.165. The van der Waals surface area contributed by atoms with E-state index in [0.717, 1.165) is 37.1 Å². The Morgan fingerprint density at radius 2 is 2.00 bits per heavy atom. The summed E-state index contributed by atoms with van der Waals surface area (Å²) in [7, 11) is 0. The van der Waals surface area contributed by atoms with Gasteiger partial charge in [0.2, 0.25) is 0 Å². The number of aromatic hydroxyl groups is 1. The molecule has 2 aliphatic heterocycles. The van der Waals surface area contributed by atoms with Gasteiger partial charge in [-0.2, -0.15) is 0 Å². The molecule has 5 nitrogen and oxygen atoms in total. The number of hydrogen-bond acceptors (Lipinski definition) is 5. The lowest BCUT2D eigenvalue weighted by molar-refractivity contribution is -0.0513. The molecule has 2 N–H and O–H groups in total. The van der Waals surface area contributed by atoms with E-state index in [1.165, 1.54) is 5.56 Å². The number of piperidine rings is 1. The van der Waals surface area contributed by atoms with Crippen LogP contribution in [0.25, 0.3) is 0 Å². The fourth-order valence-corrected chi connectivity index (χ4v) is 6.42. The summed E-state index contributed by atoms with van der Waals surface area (Å²) in [5, 5.41) is 21.1. The van der Waals surface area contributed by atoms with E-state index in [2.05, 4.69) is 11.0 Å². The van der Waals surface area contributed by atoms with Crippen molar-refractivity contribution in [3.8, 4) is 11.5 Å². The van der Waals surface area contributed by atoms with Crippen molar-refractivity contribution in [2.24, 2.45) is 5.92 Å². The number of phenols is 1. The molecule has 30 heavy (non-hydrogen) atoms. The van der Waals surface area contributed by atoms with Crippen LogP contribution in [0.2, 0.25) is 0 Å². The van der Waals surface area contributed by atoms with Gasteiger partial charge in [-0.1, -0.05) is 48.6 Å². The van der Waals surface area contributed by atoms with Crippen molar-refractivity contribution in [3.63, 3.8) is 0 Å². The molecule has 1 spiro atoms. The predicted octanol–water partition coefficient (Wildman–Crippen LogP) is 2.84. The van der Waals surface area contributed by atoms with E-state index in [1.54, 1.807) is 6.07 Å². The second-order valence-corrected chi connectivity index (χ2v) is 9.02. The Morgan fingerprint density at radius 1 is 1.17 bits per heavy atom. The molecule has 0 aromatic heterocycles. The van der Waals surface area contributed by atoms with E-state index >= 15 is 0 Å². The second-order valence-electron chi connectivity index (χ2n) is 9.02. The van der Waals surface area contributed by atoms with Crippen LogP contribution >= 0.6 is 0 Å². The average Bonchev–Trinajstić information content (AvgIpc) is 3.12. The highest BCUT2D eigenvalue weighted by molar-refractivity contribution is 5.96. The first kappa shape index (κ1) is 18.2.